The minimum Gasteiger partial charge on any atom is -0.386 e. The van der Waals surface area contributed by atoms with Crippen molar-refractivity contribution in [3.05, 3.63) is 70.0 Å². The van der Waals surface area contributed by atoms with Crippen LogP contribution in [0.3, 0.4) is 0 Å². The number of amides is 1. The molecule has 0 aromatic heterocycles. The first-order valence-electron chi connectivity index (χ1n) is 10.7. The van der Waals surface area contributed by atoms with Gasteiger partial charge in [0.2, 0.25) is 5.91 Å². The Morgan fingerprint density at radius 3 is 2.47 bits per heavy atom. The predicted molar refractivity (Wildman–Crippen MR) is 116 cm³/mol. The van der Waals surface area contributed by atoms with Crippen molar-refractivity contribution < 1.29 is 14.3 Å². The maximum absolute atomic E-state index is 14.5. The summed E-state index contributed by atoms with van der Waals surface area (Å²) in [5.74, 6) is -0.466. The van der Waals surface area contributed by atoms with Crippen LogP contribution < -0.4 is 5.32 Å². The average molecular weight is 431 g/mol. The predicted octanol–water partition coefficient (Wildman–Crippen LogP) is 3.90. The number of nitrogens with zero attached hydrogens (tertiary/aromatic N) is 1. The molecule has 0 saturated carbocycles. The lowest BCUT2D eigenvalue weighted by atomic mass is 9.98. The molecule has 2 N–H and O–H groups in total. The maximum Gasteiger partial charge on any atom is 0.220 e. The van der Waals surface area contributed by atoms with Crippen molar-refractivity contribution in [2.75, 3.05) is 19.6 Å². The Morgan fingerprint density at radius 2 is 1.80 bits per heavy atom. The zero-order valence-corrected chi connectivity index (χ0v) is 17.7. The largest absolute Gasteiger partial charge is 0.386 e. The van der Waals surface area contributed by atoms with E-state index >= 15 is 0 Å². The number of aliphatic hydroxyl groups is 1. The fourth-order valence-corrected chi connectivity index (χ4v) is 4.94. The Labute approximate surface area is 182 Å². The van der Waals surface area contributed by atoms with E-state index < -0.39 is 18.0 Å². The molecule has 2 unspecified atom stereocenters. The number of rotatable bonds is 7. The Bertz CT molecular complexity index is 876. The van der Waals surface area contributed by atoms with Crippen molar-refractivity contribution in [1.82, 2.24) is 10.2 Å². The number of aliphatic hydroxyl groups excluding tert-OH is 1. The lowest BCUT2D eigenvalue weighted by molar-refractivity contribution is -0.123. The Hall–Kier alpha value is -1.95. The maximum atomic E-state index is 14.5. The molecule has 2 aromatic rings. The van der Waals surface area contributed by atoms with Crippen molar-refractivity contribution >= 4 is 17.5 Å². The van der Waals surface area contributed by atoms with Gasteiger partial charge in [-0.3, -0.25) is 4.79 Å². The zero-order valence-electron chi connectivity index (χ0n) is 17.0. The number of carbonyl (C=O) groups is 1. The average Bonchev–Trinajstić information content (AvgIpc) is 3.38. The van der Waals surface area contributed by atoms with Crippen LogP contribution >= 0.6 is 11.6 Å². The molecule has 6 heteroatoms. The molecule has 2 aromatic carbocycles. The van der Waals surface area contributed by atoms with Gasteiger partial charge in [-0.2, -0.15) is 0 Å². The summed E-state index contributed by atoms with van der Waals surface area (Å²) < 4.78 is 14.5. The second-order valence-corrected chi connectivity index (χ2v) is 8.92. The summed E-state index contributed by atoms with van der Waals surface area (Å²) in [6, 6.07) is 12.3. The first kappa shape index (κ1) is 21.3. The van der Waals surface area contributed by atoms with Crippen LogP contribution in [0, 0.1) is 11.7 Å². The molecule has 1 aliphatic carbocycles. The van der Waals surface area contributed by atoms with E-state index in [1.54, 1.807) is 6.07 Å². The summed E-state index contributed by atoms with van der Waals surface area (Å²) in [6.07, 6.45) is 3.23. The number of benzene rings is 2. The molecular formula is C24H28ClFN2O2. The van der Waals surface area contributed by atoms with Crippen LogP contribution in [0.4, 0.5) is 4.39 Å². The molecule has 0 bridgehead atoms. The summed E-state index contributed by atoms with van der Waals surface area (Å²) in [6.45, 7) is 2.34. The quantitative estimate of drug-likeness (QED) is 0.700. The van der Waals surface area contributed by atoms with Gasteiger partial charge in [-0.15, -0.1) is 0 Å². The molecular weight excluding hydrogens is 403 g/mol. The molecule has 1 fully saturated rings. The van der Waals surface area contributed by atoms with Gasteiger partial charge in [-0.1, -0.05) is 48.0 Å². The normalized spacial score (nSPS) is 18.9. The molecule has 1 heterocycles. The molecule has 1 saturated heterocycles. The van der Waals surface area contributed by atoms with Crippen LogP contribution in [-0.2, 0) is 17.6 Å². The summed E-state index contributed by atoms with van der Waals surface area (Å²) in [7, 11) is 0. The Kier molecular flexibility index (Phi) is 6.71. The summed E-state index contributed by atoms with van der Waals surface area (Å²) >= 11 is 5.91. The zero-order chi connectivity index (χ0) is 21.1. The van der Waals surface area contributed by atoms with Gasteiger partial charge in [0.1, 0.15) is 11.9 Å². The molecule has 1 aliphatic heterocycles. The lowest BCUT2D eigenvalue weighted by Crippen LogP contribution is -2.47. The number of hydrogen-bond acceptors (Lipinski definition) is 3. The first-order valence-corrected chi connectivity index (χ1v) is 11.1. The van der Waals surface area contributed by atoms with Crippen molar-refractivity contribution in [1.29, 1.82) is 0 Å². The summed E-state index contributed by atoms with van der Waals surface area (Å²) in [5, 5.41) is 13.9. The van der Waals surface area contributed by atoms with Crippen LogP contribution in [0.5, 0.6) is 0 Å². The highest BCUT2D eigenvalue weighted by atomic mass is 35.5. The smallest absolute Gasteiger partial charge is 0.220 e. The fraction of sp³-hybridized carbons (Fsp3) is 0.458. The van der Waals surface area contributed by atoms with Gasteiger partial charge in [0, 0.05) is 18.5 Å². The van der Waals surface area contributed by atoms with Crippen LogP contribution in [0.1, 0.15) is 42.1 Å². The number of hydrogen-bond donors (Lipinski definition) is 2. The Morgan fingerprint density at radius 1 is 1.13 bits per heavy atom. The van der Waals surface area contributed by atoms with Crippen molar-refractivity contribution in [3.63, 3.8) is 0 Å². The van der Waals surface area contributed by atoms with Gasteiger partial charge in [0.05, 0.1) is 11.1 Å². The number of likely N-dealkylation sites (tertiary alicyclic amines) is 1. The highest BCUT2D eigenvalue weighted by Crippen LogP contribution is 2.29. The van der Waals surface area contributed by atoms with Crippen molar-refractivity contribution in [3.8, 4) is 0 Å². The minimum atomic E-state index is -1.16. The molecule has 1 amide bonds. The molecule has 4 rings (SSSR count). The van der Waals surface area contributed by atoms with Crippen LogP contribution in [0.25, 0.3) is 0 Å². The fourth-order valence-electron chi connectivity index (χ4n) is 4.76. The van der Waals surface area contributed by atoms with E-state index in [2.05, 4.69) is 22.3 Å². The number of fused-ring (bicyclic) bond motifs is 1. The van der Waals surface area contributed by atoms with Gasteiger partial charge < -0.3 is 15.3 Å². The first-order chi connectivity index (χ1) is 14.5. The van der Waals surface area contributed by atoms with E-state index in [0.717, 1.165) is 38.8 Å². The molecule has 2 aliphatic rings. The molecule has 2 atom stereocenters. The third-order valence-electron chi connectivity index (χ3n) is 6.29. The molecule has 160 valence electrons. The highest BCUT2D eigenvalue weighted by Gasteiger charge is 2.30. The SMILES string of the molecule is O=C(CC1Cc2ccccc2C1)NC(CN1CCCC1)C(O)c1cccc(Cl)c1F. The van der Waals surface area contributed by atoms with Gasteiger partial charge in [0.15, 0.2) is 0 Å². The van der Waals surface area contributed by atoms with Gasteiger partial charge in [-0.05, 0) is 61.9 Å². The van der Waals surface area contributed by atoms with Gasteiger partial charge in [-0.25, -0.2) is 4.39 Å². The van der Waals surface area contributed by atoms with E-state index in [1.807, 2.05) is 12.1 Å². The monoisotopic (exact) mass is 430 g/mol. The standard InChI is InChI=1S/C24H28ClFN2O2/c25-20-9-5-8-19(23(20)26)24(30)21(15-28-10-3-4-11-28)27-22(29)14-16-12-17-6-1-2-7-18(17)13-16/h1-2,5-9,16,21,24,30H,3-4,10-15H2,(H,27,29). The second kappa shape index (κ2) is 9.46. The summed E-state index contributed by atoms with van der Waals surface area (Å²) in [4.78, 5) is 15.1. The van der Waals surface area contributed by atoms with Crippen LogP contribution in [0.2, 0.25) is 5.02 Å². The molecule has 0 radical (unpaired) electrons. The van der Waals surface area contributed by atoms with E-state index in [1.165, 1.54) is 23.3 Å². The van der Waals surface area contributed by atoms with E-state index in [-0.39, 0.29) is 22.4 Å². The van der Waals surface area contributed by atoms with Crippen molar-refractivity contribution in [2.45, 2.75) is 44.2 Å². The number of halogens is 2. The third-order valence-corrected chi connectivity index (χ3v) is 6.58. The number of carbonyl (C=O) groups excluding carboxylic acids is 1. The summed E-state index contributed by atoms with van der Waals surface area (Å²) in [5.41, 5.74) is 2.75. The molecule has 4 nitrogen and oxygen atoms in total. The van der Waals surface area contributed by atoms with Crippen molar-refractivity contribution in [2.24, 2.45) is 5.92 Å². The topological polar surface area (TPSA) is 52.6 Å². The van der Waals surface area contributed by atoms with E-state index in [9.17, 15) is 14.3 Å². The molecule has 0 spiro atoms. The minimum absolute atomic E-state index is 0.0264. The third kappa shape index (κ3) is 4.85. The highest BCUT2D eigenvalue weighted by molar-refractivity contribution is 6.30. The van der Waals surface area contributed by atoms with Gasteiger partial charge >= 0.3 is 0 Å². The second-order valence-electron chi connectivity index (χ2n) is 8.52. The van der Waals surface area contributed by atoms with Gasteiger partial charge in [0.25, 0.3) is 0 Å². The Balaban J connectivity index is 1.44. The van der Waals surface area contributed by atoms with E-state index in [4.69, 9.17) is 11.6 Å². The number of nitrogens with one attached hydrogen (secondary N) is 1. The van der Waals surface area contributed by atoms with E-state index in [0.29, 0.717) is 13.0 Å². The lowest BCUT2D eigenvalue weighted by Gasteiger charge is -2.29. The van der Waals surface area contributed by atoms with Crippen LogP contribution in [-0.4, -0.2) is 41.6 Å². The van der Waals surface area contributed by atoms with Crippen LogP contribution in [0.15, 0.2) is 42.5 Å². The molecule has 30 heavy (non-hydrogen) atoms.